The summed E-state index contributed by atoms with van der Waals surface area (Å²) >= 11 is 3.47. The van der Waals surface area contributed by atoms with Crippen molar-refractivity contribution < 1.29 is 9.53 Å². The van der Waals surface area contributed by atoms with Crippen LogP contribution < -0.4 is 10.1 Å². The summed E-state index contributed by atoms with van der Waals surface area (Å²) in [6.07, 6.45) is 7.11. The Balaban J connectivity index is 1.57. The van der Waals surface area contributed by atoms with Gasteiger partial charge in [-0.3, -0.25) is 4.79 Å². The molecule has 0 atom stereocenters. The molecule has 122 valence electrons. The first-order chi connectivity index (χ1) is 11.7. The van der Waals surface area contributed by atoms with E-state index >= 15 is 0 Å². The highest BCUT2D eigenvalue weighted by Gasteiger charge is 2.24. The molecule has 2 aliphatic rings. The molecule has 0 saturated heterocycles. The normalized spacial score (nSPS) is 18.7. The van der Waals surface area contributed by atoms with Crippen LogP contribution in [0, 0.1) is 0 Å². The third-order valence-electron chi connectivity index (χ3n) is 4.56. The number of fused-ring (bicyclic) bond motifs is 1. The van der Waals surface area contributed by atoms with Crippen molar-refractivity contribution in [3.63, 3.8) is 0 Å². The first-order valence-corrected chi connectivity index (χ1v) is 9.08. The van der Waals surface area contributed by atoms with Gasteiger partial charge in [0.15, 0.2) is 0 Å². The summed E-state index contributed by atoms with van der Waals surface area (Å²) in [6.45, 7) is 0. The minimum atomic E-state index is -0.0608. The highest BCUT2D eigenvalue weighted by molar-refractivity contribution is 9.10. The number of nitrogens with one attached hydrogen (secondary N) is 1. The standard InChI is InChI=1S/C20H18BrNO2/c21-14-7-10-19-17(12-14)18(20(23)22-19)11-13-5-8-16(9-6-13)24-15-3-1-2-4-15/h5-12,15H,1-4H2,(H,22,23). The number of amides is 1. The second-order valence-electron chi connectivity index (χ2n) is 6.30. The topological polar surface area (TPSA) is 38.3 Å². The van der Waals surface area contributed by atoms with Crippen LogP contribution in [0.5, 0.6) is 5.75 Å². The number of ether oxygens (including phenoxy) is 1. The molecular formula is C20H18BrNO2. The lowest BCUT2D eigenvalue weighted by Gasteiger charge is -2.12. The van der Waals surface area contributed by atoms with Crippen molar-refractivity contribution in [2.75, 3.05) is 5.32 Å². The number of rotatable bonds is 3. The van der Waals surface area contributed by atoms with Gasteiger partial charge in [0.2, 0.25) is 0 Å². The molecule has 2 aromatic rings. The maximum absolute atomic E-state index is 12.2. The second kappa shape index (κ2) is 6.44. The highest BCUT2D eigenvalue weighted by atomic mass is 79.9. The summed E-state index contributed by atoms with van der Waals surface area (Å²) in [5, 5.41) is 2.90. The van der Waals surface area contributed by atoms with Crippen LogP contribution in [0.2, 0.25) is 0 Å². The number of anilines is 1. The first kappa shape index (κ1) is 15.5. The molecule has 1 fully saturated rings. The Labute approximate surface area is 149 Å². The average Bonchev–Trinajstić information content (AvgIpc) is 3.18. The molecule has 1 heterocycles. The maximum Gasteiger partial charge on any atom is 0.256 e. The van der Waals surface area contributed by atoms with Gasteiger partial charge in [-0.05, 0) is 67.7 Å². The Hall–Kier alpha value is -2.07. The summed E-state index contributed by atoms with van der Waals surface area (Å²) < 4.78 is 6.95. The van der Waals surface area contributed by atoms with Crippen LogP contribution in [0.25, 0.3) is 11.6 Å². The van der Waals surface area contributed by atoms with Crippen molar-refractivity contribution in [2.45, 2.75) is 31.8 Å². The minimum Gasteiger partial charge on any atom is -0.490 e. The molecule has 0 unspecified atom stereocenters. The number of hydrogen-bond donors (Lipinski definition) is 1. The molecule has 24 heavy (non-hydrogen) atoms. The predicted octanol–water partition coefficient (Wildman–Crippen LogP) is 5.26. The minimum absolute atomic E-state index is 0.0608. The van der Waals surface area contributed by atoms with E-state index < -0.39 is 0 Å². The van der Waals surface area contributed by atoms with Gasteiger partial charge < -0.3 is 10.1 Å². The summed E-state index contributed by atoms with van der Waals surface area (Å²) in [5.41, 5.74) is 3.47. The lowest BCUT2D eigenvalue weighted by atomic mass is 10.0. The smallest absolute Gasteiger partial charge is 0.256 e. The quantitative estimate of drug-likeness (QED) is 0.733. The Morgan fingerprint density at radius 2 is 1.83 bits per heavy atom. The fraction of sp³-hybridized carbons (Fsp3) is 0.250. The number of hydrogen-bond acceptors (Lipinski definition) is 2. The summed E-state index contributed by atoms with van der Waals surface area (Å²) in [6, 6.07) is 13.8. The summed E-state index contributed by atoms with van der Waals surface area (Å²) in [7, 11) is 0. The molecule has 0 radical (unpaired) electrons. The highest BCUT2D eigenvalue weighted by Crippen LogP contribution is 2.35. The van der Waals surface area contributed by atoms with Crippen LogP contribution in [0.4, 0.5) is 5.69 Å². The summed E-state index contributed by atoms with van der Waals surface area (Å²) in [4.78, 5) is 12.2. The van der Waals surface area contributed by atoms with E-state index in [1.807, 2.05) is 48.5 Å². The van der Waals surface area contributed by atoms with Crippen LogP contribution >= 0.6 is 15.9 Å². The molecule has 2 aromatic carbocycles. The van der Waals surface area contributed by atoms with Crippen LogP contribution in [-0.2, 0) is 4.79 Å². The van der Waals surface area contributed by atoms with Gasteiger partial charge in [-0.2, -0.15) is 0 Å². The van der Waals surface area contributed by atoms with Crippen molar-refractivity contribution >= 4 is 39.2 Å². The average molecular weight is 384 g/mol. The van der Waals surface area contributed by atoms with E-state index in [2.05, 4.69) is 21.2 Å². The number of benzene rings is 2. The molecule has 4 rings (SSSR count). The number of halogens is 1. The molecular weight excluding hydrogens is 366 g/mol. The van der Waals surface area contributed by atoms with E-state index in [0.29, 0.717) is 11.7 Å². The van der Waals surface area contributed by atoms with Gasteiger partial charge in [0.25, 0.3) is 5.91 Å². The second-order valence-corrected chi connectivity index (χ2v) is 7.21. The van der Waals surface area contributed by atoms with E-state index in [0.717, 1.165) is 39.9 Å². The lowest BCUT2D eigenvalue weighted by molar-refractivity contribution is -0.110. The van der Waals surface area contributed by atoms with Gasteiger partial charge in [-0.1, -0.05) is 28.1 Å². The Bertz CT molecular complexity index is 805. The number of carbonyl (C=O) groups is 1. The van der Waals surface area contributed by atoms with Gasteiger partial charge in [-0.15, -0.1) is 0 Å². The zero-order valence-electron chi connectivity index (χ0n) is 13.2. The van der Waals surface area contributed by atoms with E-state index in [1.165, 1.54) is 12.8 Å². The van der Waals surface area contributed by atoms with Gasteiger partial charge in [0.05, 0.1) is 6.10 Å². The van der Waals surface area contributed by atoms with E-state index in [-0.39, 0.29) is 5.91 Å². The molecule has 0 spiro atoms. The molecule has 3 nitrogen and oxygen atoms in total. The van der Waals surface area contributed by atoms with Crippen molar-refractivity contribution in [1.29, 1.82) is 0 Å². The molecule has 1 amide bonds. The fourth-order valence-corrected chi connectivity index (χ4v) is 3.67. The van der Waals surface area contributed by atoms with Crippen molar-refractivity contribution in [2.24, 2.45) is 0 Å². The van der Waals surface area contributed by atoms with E-state index in [9.17, 15) is 4.79 Å². The Morgan fingerprint density at radius 3 is 2.58 bits per heavy atom. The van der Waals surface area contributed by atoms with Gasteiger partial charge >= 0.3 is 0 Å². The van der Waals surface area contributed by atoms with Crippen molar-refractivity contribution in [3.05, 3.63) is 58.1 Å². The predicted molar refractivity (Wildman–Crippen MR) is 100.0 cm³/mol. The van der Waals surface area contributed by atoms with Gasteiger partial charge in [0, 0.05) is 21.3 Å². The molecule has 0 aromatic heterocycles. The molecule has 1 N–H and O–H groups in total. The molecule has 4 heteroatoms. The SMILES string of the molecule is O=C1Nc2ccc(Br)cc2C1=Cc1ccc(OC2CCCC2)cc1. The zero-order chi connectivity index (χ0) is 16.5. The van der Waals surface area contributed by atoms with E-state index in [1.54, 1.807) is 0 Å². The molecule has 1 saturated carbocycles. The maximum atomic E-state index is 12.2. The van der Waals surface area contributed by atoms with E-state index in [4.69, 9.17) is 4.74 Å². The van der Waals surface area contributed by atoms with Crippen LogP contribution in [-0.4, -0.2) is 12.0 Å². The van der Waals surface area contributed by atoms with Gasteiger partial charge in [0.1, 0.15) is 5.75 Å². The Morgan fingerprint density at radius 1 is 1.08 bits per heavy atom. The molecule has 0 bridgehead atoms. The largest absolute Gasteiger partial charge is 0.490 e. The van der Waals surface area contributed by atoms with Crippen LogP contribution in [0.3, 0.4) is 0 Å². The van der Waals surface area contributed by atoms with Crippen molar-refractivity contribution in [3.8, 4) is 5.75 Å². The number of carbonyl (C=O) groups excluding carboxylic acids is 1. The summed E-state index contributed by atoms with van der Waals surface area (Å²) in [5.74, 6) is 0.845. The molecule has 1 aliphatic heterocycles. The van der Waals surface area contributed by atoms with Crippen LogP contribution in [0.1, 0.15) is 36.8 Å². The molecule has 1 aliphatic carbocycles. The van der Waals surface area contributed by atoms with Gasteiger partial charge in [-0.25, -0.2) is 0 Å². The monoisotopic (exact) mass is 383 g/mol. The third-order valence-corrected chi connectivity index (χ3v) is 5.05. The zero-order valence-corrected chi connectivity index (χ0v) is 14.8. The van der Waals surface area contributed by atoms with Crippen molar-refractivity contribution in [1.82, 2.24) is 0 Å². The van der Waals surface area contributed by atoms with Crippen LogP contribution in [0.15, 0.2) is 46.9 Å². The Kier molecular flexibility index (Phi) is 4.15. The first-order valence-electron chi connectivity index (χ1n) is 8.29. The lowest BCUT2D eigenvalue weighted by Crippen LogP contribution is -2.10. The third kappa shape index (κ3) is 3.11. The fourth-order valence-electron chi connectivity index (χ4n) is 3.31.